The molecule has 98 valence electrons. The van der Waals surface area contributed by atoms with Crippen LogP contribution in [0.2, 0.25) is 5.02 Å². The second-order valence-corrected chi connectivity index (χ2v) is 5.33. The van der Waals surface area contributed by atoms with Gasteiger partial charge >= 0.3 is 5.97 Å². The van der Waals surface area contributed by atoms with Crippen molar-refractivity contribution in [1.29, 1.82) is 0 Å². The molecule has 0 spiro atoms. The number of hydrogen-bond donors (Lipinski definition) is 1. The summed E-state index contributed by atoms with van der Waals surface area (Å²) < 4.78 is 5.62. The first-order valence-electron chi connectivity index (χ1n) is 6.22. The van der Waals surface area contributed by atoms with E-state index in [0.717, 1.165) is 35.6 Å². The van der Waals surface area contributed by atoms with E-state index in [9.17, 15) is 4.79 Å². The Morgan fingerprint density at radius 2 is 2.33 bits per heavy atom. The number of hydrogen-bond acceptors (Lipinski definition) is 2. The fourth-order valence-electron chi connectivity index (χ4n) is 2.33. The van der Waals surface area contributed by atoms with Crippen molar-refractivity contribution in [2.75, 3.05) is 6.61 Å². The fourth-order valence-corrected chi connectivity index (χ4v) is 2.60. The summed E-state index contributed by atoms with van der Waals surface area (Å²) in [7, 11) is 0. The lowest BCUT2D eigenvalue weighted by atomic mass is 9.96. The van der Waals surface area contributed by atoms with E-state index in [1.807, 2.05) is 19.1 Å². The molecular formula is C14H17ClO3. The summed E-state index contributed by atoms with van der Waals surface area (Å²) in [6.07, 6.45) is 2.77. The normalized spacial score (nSPS) is 15.0. The molecule has 3 nitrogen and oxygen atoms in total. The average Bonchev–Trinajstić information content (AvgIpc) is 2.72. The van der Waals surface area contributed by atoms with E-state index < -0.39 is 5.97 Å². The Morgan fingerprint density at radius 1 is 1.56 bits per heavy atom. The summed E-state index contributed by atoms with van der Waals surface area (Å²) in [5, 5.41) is 9.47. The molecule has 1 unspecified atom stereocenters. The highest BCUT2D eigenvalue weighted by atomic mass is 35.5. The summed E-state index contributed by atoms with van der Waals surface area (Å²) in [6, 6.07) is 3.88. The zero-order valence-corrected chi connectivity index (χ0v) is 11.2. The quantitative estimate of drug-likeness (QED) is 0.891. The molecule has 0 bridgehead atoms. The third kappa shape index (κ3) is 3.16. The van der Waals surface area contributed by atoms with Gasteiger partial charge in [0.2, 0.25) is 0 Å². The van der Waals surface area contributed by atoms with Crippen molar-refractivity contribution in [1.82, 2.24) is 0 Å². The number of carbonyl (C=O) groups is 1. The highest BCUT2D eigenvalue weighted by molar-refractivity contribution is 6.30. The molecular weight excluding hydrogens is 252 g/mol. The summed E-state index contributed by atoms with van der Waals surface area (Å²) in [5.41, 5.74) is 2.27. The van der Waals surface area contributed by atoms with Gasteiger partial charge in [-0.1, -0.05) is 18.5 Å². The van der Waals surface area contributed by atoms with Crippen LogP contribution in [0.5, 0.6) is 5.75 Å². The summed E-state index contributed by atoms with van der Waals surface area (Å²) >= 11 is 6.08. The van der Waals surface area contributed by atoms with Crippen molar-refractivity contribution in [3.05, 3.63) is 28.3 Å². The van der Waals surface area contributed by atoms with Crippen molar-refractivity contribution in [3.8, 4) is 5.75 Å². The fraction of sp³-hybridized carbons (Fsp3) is 0.500. The minimum atomic E-state index is -0.741. The maximum absolute atomic E-state index is 10.6. The monoisotopic (exact) mass is 268 g/mol. The number of aryl methyl sites for hydroxylation is 1. The molecule has 0 aromatic heterocycles. The zero-order chi connectivity index (χ0) is 13.1. The molecule has 0 fully saturated rings. The Bertz CT molecular complexity index is 457. The van der Waals surface area contributed by atoms with Crippen LogP contribution in [-0.4, -0.2) is 17.7 Å². The molecule has 1 heterocycles. The minimum Gasteiger partial charge on any atom is -0.493 e. The van der Waals surface area contributed by atoms with E-state index >= 15 is 0 Å². The SMILES string of the molecule is CC(CCc1cc(Cl)cc2c1OCC2)CC(=O)O. The zero-order valence-electron chi connectivity index (χ0n) is 10.4. The van der Waals surface area contributed by atoms with E-state index in [1.54, 1.807) is 0 Å². The number of carboxylic acids is 1. The first-order valence-corrected chi connectivity index (χ1v) is 6.60. The molecule has 0 aliphatic carbocycles. The van der Waals surface area contributed by atoms with Crippen LogP contribution in [-0.2, 0) is 17.6 Å². The molecule has 2 rings (SSSR count). The summed E-state index contributed by atoms with van der Waals surface area (Å²) in [4.78, 5) is 10.6. The second-order valence-electron chi connectivity index (χ2n) is 4.89. The molecule has 0 amide bonds. The van der Waals surface area contributed by atoms with Crippen molar-refractivity contribution < 1.29 is 14.6 Å². The third-order valence-corrected chi connectivity index (χ3v) is 3.47. The van der Waals surface area contributed by atoms with Gasteiger partial charge in [-0.05, 0) is 42.0 Å². The van der Waals surface area contributed by atoms with Crippen molar-refractivity contribution in [2.45, 2.75) is 32.6 Å². The highest BCUT2D eigenvalue weighted by Crippen LogP contribution is 2.34. The lowest BCUT2D eigenvalue weighted by molar-refractivity contribution is -0.138. The minimum absolute atomic E-state index is 0.165. The van der Waals surface area contributed by atoms with Gasteiger partial charge in [0, 0.05) is 17.9 Å². The van der Waals surface area contributed by atoms with Crippen LogP contribution in [0.25, 0.3) is 0 Å². The van der Waals surface area contributed by atoms with Crippen molar-refractivity contribution >= 4 is 17.6 Å². The standard InChI is InChI=1S/C14H17ClO3/c1-9(6-13(16)17)2-3-10-7-12(15)8-11-4-5-18-14(10)11/h7-9H,2-6H2,1H3,(H,16,17). The Balaban J connectivity index is 2.03. The number of rotatable bonds is 5. The Kier molecular flexibility index (Phi) is 4.12. The average molecular weight is 269 g/mol. The van der Waals surface area contributed by atoms with Gasteiger partial charge in [-0.3, -0.25) is 4.79 Å². The molecule has 0 saturated heterocycles. The van der Waals surface area contributed by atoms with Crippen molar-refractivity contribution in [2.24, 2.45) is 5.92 Å². The molecule has 1 aromatic rings. The molecule has 0 saturated carbocycles. The number of fused-ring (bicyclic) bond motifs is 1. The lowest BCUT2D eigenvalue weighted by Gasteiger charge is -2.12. The molecule has 1 aromatic carbocycles. The molecule has 1 aliphatic rings. The van der Waals surface area contributed by atoms with Gasteiger partial charge in [-0.15, -0.1) is 0 Å². The van der Waals surface area contributed by atoms with Gasteiger partial charge in [0.05, 0.1) is 6.61 Å². The van der Waals surface area contributed by atoms with Crippen molar-refractivity contribution in [3.63, 3.8) is 0 Å². The van der Waals surface area contributed by atoms with Crippen LogP contribution < -0.4 is 4.74 Å². The van der Waals surface area contributed by atoms with E-state index in [0.29, 0.717) is 6.61 Å². The van der Waals surface area contributed by atoms with Crippen LogP contribution in [0.4, 0.5) is 0 Å². The molecule has 1 atom stereocenters. The Hall–Kier alpha value is -1.22. The van der Waals surface area contributed by atoms with Gasteiger partial charge < -0.3 is 9.84 Å². The number of aliphatic carboxylic acids is 1. The van der Waals surface area contributed by atoms with E-state index in [-0.39, 0.29) is 12.3 Å². The van der Waals surface area contributed by atoms with Gasteiger partial charge in [0.15, 0.2) is 0 Å². The van der Waals surface area contributed by atoms with Crippen LogP contribution in [0, 0.1) is 5.92 Å². The Labute approximate surface area is 112 Å². The topological polar surface area (TPSA) is 46.5 Å². The number of ether oxygens (including phenoxy) is 1. The maximum atomic E-state index is 10.6. The molecule has 4 heteroatoms. The number of carboxylic acid groups (broad SMARTS) is 1. The molecule has 18 heavy (non-hydrogen) atoms. The number of halogens is 1. The van der Waals surface area contributed by atoms with Crippen LogP contribution >= 0.6 is 11.6 Å². The van der Waals surface area contributed by atoms with Gasteiger partial charge in [0.1, 0.15) is 5.75 Å². The molecule has 1 aliphatic heterocycles. The molecule has 0 radical (unpaired) electrons. The third-order valence-electron chi connectivity index (χ3n) is 3.25. The lowest BCUT2D eigenvalue weighted by Crippen LogP contribution is -2.05. The largest absolute Gasteiger partial charge is 0.493 e. The summed E-state index contributed by atoms with van der Waals surface area (Å²) in [6.45, 7) is 2.67. The first-order chi connectivity index (χ1) is 8.56. The van der Waals surface area contributed by atoms with E-state index in [1.165, 1.54) is 5.56 Å². The van der Waals surface area contributed by atoms with E-state index in [4.69, 9.17) is 21.4 Å². The Morgan fingerprint density at radius 3 is 3.06 bits per heavy atom. The van der Waals surface area contributed by atoms with Crippen LogP contribution in [0.15, 0.2) is 12.1 Å². The van der Waals surface area contributed by atoms with Gasteiger partial charge in [-0.25, -0.2) is 0 Å². The smallest absolute Gasteiger partial charge is 0.303 e. The van der Waals surface area contributed by atoms with E-state index in [2.05, 4.69) is 0 Å². The maximum Gasteiger partial charge on any atom is 0.303 e. The second kappa shape index (κ2) is 5.61. The van der Waals surface area contributed by atoms with Crippen LogP contribution in [0.1, 0.15) is 30.9 Å². The summed E-state index contributed by atoms with van der Waals surface area (Å²) in [5.74, 6) is 0.385. The van der Waals surface area contributed by atoms with Crippen LogP contribution in [0.3, 0.4) is 0 Å². The first kappa shape index (κ1) is 13.2. The predicted octanol–water partition coefficient (Wildman–Crippen LogP) is 3.32. The van der Waals surface area contributed by atoms with Gasteiger partial charge in [-0.2, -0.15) is 0 Å². The highest BCUT2D eigenvalue weighted by Gasteiger charge is 2.18. The molecule has 1 N–H and O–H groups in total. The number of benzene rings is 1. The van der Waals surface area contributed by atoms with Gasteiger partial charge in [0.25, 0.3) is 0 Å². The predicted molar refractivity (Wildman–Crippen MR) is 70.4 cm³/mol.